The topological polar surface area (TPSA) is 0 Å². The van der Waals surface area contributed by atoms with Crippen LogP contribution in [0.15, 0.2) is 18.2 Å². The van der Waals surface area contributed by atoms with E-state index in [9.17, 15) is 4.39 Å². The molecule has 0 nitrogen and oxygen atoms in total. The number of aryl methyl sites for hydroxylation is 1. The average molecular weight is 170 g/mol. The van der Waals surface area contributed by atoms with Crippen molar-refractivity contribution in [3.05, 3.63) is 35.1 Å². The van der Waals surface area contributed by atoms with E-state index in [0.717, 1.165) is 12.0 Å². The Balaban J connectivity index is 2.99. The second-order valence-electron chi connectivity index (χ2n) is 2.44. The fourth-order valence-corrected chi connectivity index (χ4v) is 1.20. The number of thiol groups is 1. The number of halogens is 1. The Kier molecular flexibility index (Phi) is 2.94. The van der Waals surface area contributed by atoms with Gasteiger partial charge in [-0.15, -0.1) is 0 Å². The monoisotopic (exact) mass is 170 g/mol. The molecule has 0 N–H and O–H groups in total. The zero-order valence-corrected chi connectivity index (χ0v) is 7.37. The van der Waals surface area contributed by atoms with E-state index in [2.05, 4.69) is 12.6 Å². The molecule has 1 aromatic rings. The van der Waals surface area contributed by atoms with Gasteiger partial charge in [0.25, 0.3) is 0 Å². The predicted octanol–water partition coefficient (Wildman–Crippen LogP) is 2.82. The number of hydrogen-bond donors (Lipinski definition) is 1. The molecule has 11 heavy (non-hydrogen) atoms. The molecule has 0 unspecified atom stereocenters. The summed E-state index contributed by atoms with van der Waals surface area (Å²) < 4.78 is 13.0. The van der Waals surface area contributed by atoms with E-state index in [1.165, 1.54) is 0 Å². The van der Waals surface area contributed by atoms with Crippen LogP contribution in [0.2, 0.25) is 0 Å². The minimum Gasteiger partial charge on any atom is -0.207 e. The Morgan fingerprint density at radius 3 is 2.64 bits per heavy atom. The average Bonchev–Trinajstić information content (AvgIpc) is 2.04. The van der Waals surface area contributed by atoms with Gasteiger partial charge in [-0.3, -0.25) is 0 Å². The van der Waals surface area contributed by atoms with Crippen molar-refractivity contribution in [3.63, 3.8) is 0 Å². The van der Waals surface area contributed by atoms with Crippen LogP contribution >= 0.6 is 12.6 Å². The second kappa shape index (κ2) is 3.77. The van der Waals surface area contributed by atoms with Crippen molar-refractivity contribution in [2.45, 2.75) is 19.1 Å². The third kappa shape index (κ3) is 1.96. The lowest BCUT2D eigenvalue weighted by atomic mass is 10.1. The van der Waals surface area contributed by atoms with Gasteiger partial charge in [-0.2, -0.15) is 12.6 Å². The van der Waals surface area contributed by atoms with Gasteiger partial charge in [-0.05, 0) is 23.6 Å². The molecule has 0 aromatic heterocycles. The van der Waals surface area contributed by atoms with Crippen molar-refractivity contribution in [1.82, 2.24) is 0 Å². The minimum absolute atomic E-state index is 0.139. The van der Waals surface area contributed by atoms with E-state index in [1.807, 2.05) is 13.0 Å². The summed E-state index contributed by atoms with van der Waals surface area (Å²) in [5.74, 6) is 0.329. The van der Waals surface area contributed by atoms with Crippen LogP contribution in [0.5, 0.6) is 0 Å². The molecule has 0 atom stereocenters. The fraction of sp³-hybridized carbons (Fsp3) is 0.333. The predicted molar refractivity (Wildman–Crippen MR) is 48.5 cm³/mol. The van der Waals surface area contributed by atoms with Crippen molar-refractivity contribution < 1.29 is 4.39 Å². The lowest BCUT2D eigenvalue weighted by Crippen LogP contribution is -1.88. The Morgan fingerprint density at radius 1 is 1.45 bits per heavy atom. The Morgan fingerprint density at radius 2 is 2.18 bits per heavy atom. The van der Waals surface area contributed by atoms with Crippen LogP contribution < -0.4 is 0 Å². The van der Waals surface area contributed by atoms with Gasteiger partial charge in [0, 0.05) is 5.75 Å². The first kappa shape index (κ1) is 8.60. The van der Waals surface area contributed by atoms with E-state index < -0.39 is 0 Å². The third-order valence-corrected chi connectivity index (χ3v) is 2.04. The molecule has 0 radical (unpaired) electrons. The summed E-state index contributed by atoms with van der Waals surface area (Å²) in [6.45, 7) is 2.01. The zero-order valence-electron chi connectivity index (χ0n) is 6.47. The molecule has 0 aliphatic rings. The molecule has 0 aliphatic carbocycles. The molecule has 0 amide bonds. The lowest BCUT2D eigenvalue weighted by Gasteiger charge is -2.00. The molecule has 0 saturated carbocycles. The third-order valence-electron chi connectivity index (χ3n) is 1.70. The second-order valence-corrected chi connectivity index (χ2v) is 2.75. The first-order valence-corrected chi connectivity index (χ1v) is 4.29. The number of rotatable bonds is 2. The molecule has 60 valence electrons. The normalized spacial score (nSPS) is 10.1. The minimum atomic E-state index is -0.139. The summed E-state index contributed by atoms with van der Waals surface area (Å²) >= 11 is 4.00. The smallest absolute Gasteiger partial charge is 0.127 e. The summed E-state index contributed by atoms with van der Waals surface area (Å²) in [6, 6.07) is 5.31. The van der Waals surface area contributed by atoms with Crippen LogP contribution in [-0.2, 0) is 12.2 Å². The van der Waals surface area contributed by atoms with Gasteiger partial charge in [-0.25, -0.2) is 4.39 Å². The molecule has 0 aliphatic heterocycles. The molecular weight excluding hydrogens is 159 g/mol. The van der Waals surface area contributed by atoms with Crippen molar-refractivity contribution >= 4 is 12.6 Å². The number of benzene rings is 1. The number of hydrogen-bond acceptors (Lipinski definition) is 1. The van der Waals surface area contributed by atoms with Crippen LogP contribution in [0, 0.1) is 5.82 Å². The lowest BCUT2D eigenvalue weighted by molar-refractivity contribution is 0.615. The van der Waals surface area contributed by atoms with E-state index in [0.29, 0.717) is 11.3 Å². The van der Waals surface area contributed by atoms with Crippen LogP contribution in [-0.4, -0.2) is 0 Å². The summed E-state index contributed by atoms with van der Waals surface area (Å²) in [5, 5.41) is 0. The fourth-order valence-electron chi connectivity index (χ4n) is 0.939. The molecule has 1 rings (SSSR count). The summed E-state index contributed by atoms with van der Waals surface area (Å²) in [7, 11) is 0. The summed E-state index contributed by atoms with van der Waals surface area (Å²) in [5.41, 5.74) is 1.71. The standard InChI is InChI=1S/C9H11FS/c1-2-7-3-4-8(6-11)9(10)5-7/h3-5,11H,2,6H2,1H3. The SMILES string of the molecule is CCc1ccc(CS)c(F)c1. The summed E-state index contributed by atoms with van der Waals surface area (Å²) in [4.78, 5) is 0. The van der Waals surface area contributed by atoms with E-state index >= 15 is 0 Å². The molecule has 1 aromatic carbocycles. The van der Waals surface area contributed by atoms with Crippen molar-refractivity contribution in [2.75, 3.05) is 0 Å². The molecule has 0 spiro atoms. The van der Waals surface area contributed by atoms with Crippen LogP contribution in [0.1, 0.15) is 18.1 Å². The Bertz CT molecular complexity index is 245. The van der Waals surface area contributed by atoms with Crippen molar-refractivity contribution in [2.24, 2.45) is 0 Å². The highest BCUT2D eigenvalue weighted by Crippen LogP contribution is 2.12. The Hall–Kier alpha value is -0.500. The first-order chi connectivity index (χ1) is 5.27. The van der Waals surface area contributed by atoms with Crippen molar-refractivity contribution in [1.29, 1.82) is 0 Å². The maximum absolute atomic E-state index is 13.0. The van der Waals surface area contributed by atoms with Gasteiger partial charge >= 0.3 is 0 Å². The van der Waals surface area contributed by atoms with Crippen LogP contribution in [0.25, 0.3) is 0 Å². The highest BCUT2D eigenvalue weighted by Gasteiger charge is 1.99. The summed E-state index contributed by atoms with van der Waals surface area (Å²) in [6.07, 6.45) is 0.879. The quantitative estimate of drug-likeness (QED) is 0.648. The zero-order chi connectivity index (χ0) is 8.27. The molecule has 0 fully saturated rings. The van der Waals surface area contributed by atoms with Gasteiger partial charge in [0.15, 0.2) is 0 Å². The highest BCUT2D eigenvalue weighted by atomic mass is 32.1. The highest BCUT2D eigenvalue weighted by molar-refractivity contribution is 7.79. The van der Waals surface area contributed by atoms with E-state index in [1.54, 1.807) is 12.1 Å². The van der Waals surface area contributed by atoms with Crippen LogP contribution in [0.4, 0.5) is 4.39 Å². The van der Waals surface area contributed by atoms with Gasteiger partial charge in [0.2, 0.25) is 0 Å². The molecule has 0 saturated heterocycles. The van der Waals surface area contributed by atoms with Gasteiger partial charge in [0.05, 0.1) is 0 Å². The van der Waals surface area contributed by atoms with Gasteiger partial charge < -0.3 is 0 Å². The molecule has 2 heteroatoms. The first-order valence-electron chi connectivity index (χ1n) is 3.66. The van der Waals surface area contributed by atoms with E-state index in [4.69, 9.17) is 0 Å². The molecule has 0 heterocycles. The molecule has 0 bridgehead atoms. The molecular formula is C9H11FS. The van der Waals surface area contributed by atoms with E-state index in [-0.39, 0.29) is 5.82 Å². The Labute approximate surface area is 71.8 Å². The van der Waals surface area contributed by atoms with Gasteiger partial charge in [0.1, 0.15) is 5.82 Å². The maximum atomic E-state index is 13.0. The largest absolute Gasteiger partial charge is 0.207 e. The maximum Gasteiger partial charge on any atom is 0.127 e. The van der Waals surface area contributed by atoms with Crippen molar-refractivity contribution in [3.8, 4) is 0 Å². The van der Waals surface area contributed by atoms with Crippen LogP contribution in [0.3, 0.4) is 0 Å². The van der Waals surface area contributed by atoms with Gasteiger partial charge in [-0.1, -0.05) is 19.1 Å².